The number of hydrogen-bond acceptors (Lipinski definition) is 3. The minimum atomic E-state index is -1.12. The molecule has 0 amide bonds. The van der Waals surface area contributed by atoms with Crippen molar-refractivity contribution in [2.45, 2.75) is 0 Å². The molecule has 0 aliphatic carbocycles. The molecular formula is C12H7Cl2NO3. The van der Waals surface area contributed by atoms with Gasteiger partial charge in [-0.25, -0.2) is 9.78 Å². The lowest BCUT2D eigenvalue weighted by molar-refractivity contribution is 0.0689. The van der Waals surface area contributed by atoms with Gasteiger partial charge in [0.1, 0.15) is 5.75 Å². The zero-order chi connectivity index (χ0) is 13.1. The summed E-state index contributed by atoms with van der Waals surface area (Å²) < 4.78 is 5.39. The van der Waals surface area contributed by atoms with Gasteiger partial charge in [-0.2, -0.15) is 0 Å². The number of aromatic carboxylic acids is 1. The van der Waals surface area contributed by atoms with E-state index in [0.29, 0.717) is 15.8 Å². The van der Waals surface area contributed by atoms with Crippen LogP contribution in [-0.2, 0) is 0 Å². The van der Waals surface area contributed by atoms with Gasteiger partial charge >= 0.3 is 5.97 Å². The van der Waals surface area contributed by atoms with Crippen LogP contribution in [0.4, 0.5) is 0 Å². The van der Waals surface area contributed by atoms with Gasteiger partial charge in [0.05, 0.1) is 5.02 Å². The minimum absolute atomic E-state index is 0.0995. The van der Waals surface area contributed by atoms with Crippen LogP contribution >= 0.6 is 23.2 Å². The second kappa shape index (κ2) is 5.25. The molecule has 0 unspecified atom stereocenters. The van der Waals surface area contributed by atoms with Gasteiger partial charge in [-0.15, -0.1) is 0 Å². The van der Waals surface area contributed by atoms with Crippen LogP contribution in [0, 0.1) is 0 Å². The molecule has 0 saturated carbocycles. The molecule has 0 radical (unpaired) electrons. The first-order valence-electron chi connectivity index (χ1n) is 4.89. The lowest BCUT2D eigenvalue weighted by Crippen LogP contribution is -2.00. The van der Waals surface area contributed by atoms with E-state index in [9.17, 15) is 4.79 Å². The van der Waals surface area contributed by atoms with Crippen LogP contribution in [0.15, 0.2) is 36.4 Å². The average Bonchev–Trinajstić information content (AvgIpc) is 2.33. The second-order valence-electron chi connectivity index (χ2n) is 3.34. The summed E-state index contributed by atoms with van der Waals surface area (Å²) in [5.41, 5.74) is -0.0995. The molecule has 92 valence electrons. The molecule has 0 atom stereocenters. The zero-order valence-electron chi connectivity index (χ0n) is 8.93. The first-order valence-corrected chi connectivity index (χ1v) is 5.65. The molecule has 1 N–H and O–H groups in total. The Morgan fingerprint density at radius 1 is 1.22 bits per heavy atom. The Kier molecular flexibility index (Phi) is 3.69. The van der Waals surface area contributed by atoms with Crippen molar-refractivity contribution in [3.63, 3.8) is 0 Å². The second-order valence-corrected chi connectivity index (χ2v) is 4.19. The third kappa shape index (κ3) is 2.91. The van der Waals surface area contributed by atoms with Crippen LogP contribution in [-0.4, -0.2) is 16.1 Å². The van der Waals surface area contributed by atoms with Gasteiger partial charge in [-0.3, -0.25) is 0 Å². The molecule has 1 aromatic carbocycles. The van der Waals surface area contributed by atoms with Crippen molar-refractivity contribution in [2.24, 2.45) is 0 Å². The summed E-state index contributed by atoms with van der Waals surface area (Å²) in [6.07, 6.45) is 0. The van der Waals surface area contributed by atoms with E-state index < -0.39 is 5.97 Å². The molecule has 6 heteroatoms. The van der Waals surface area contributed by atoms with Crippen molar-refractivity contribution in [2.75, 3.05) is 0 Å². The van der Waals surface area contributed by atoms with Gasteiger partial charge in [0.25, 0.3) is 0 Å². The number of rotatable bonds is 3. The van der Waals surface area contributed by atoms with Gasteiger partial charge in [0, 0.05) is 11.1 Å². The van der Waals surface area contributed by atoms with Crippen molar-refractivity contribution in [3.8, 4) is 11.6 Å². The Balaban J connectivity index is 2.28. The maximum absolute atomic E-state index is 10.8. The van der Waals surface area contributed by atoms with E-state index in [1.54, 1.807) is 12.1 Å². The maximum atomic E-state index is 10.8. The van der Waals surface area contributed by atoms with Crippen molar-refractivity contribution in [3.05, 3.63) is 52.1 Å². The van der Waals surface area contributed by atoms with Gasteiger partial charge < -0.3 is 9.84 Å². The fourth-order valence-electron chi connectivity index (χ4n) is 1.26. The first kappa shape index (κ1) is 12.7. The number of benzene rings is 1. The predicted octanol–water partition coefficient (Wildman–Crippen LogP) is 3.88. The number of hydrogen-bond donors (Lipinski definition) is 1. The van der Waals surface area contributed by atoms with Crippen molar-refractivity contribution >= 4 is 29.2 Å². The average molecular weight is 284 g/mol. The Labute approximate surface area is 113 Å². The summed E-state index contributed by atoms with van der Waals surface area (Å²) in [5, 5.41) is 9.61. The highest BCUT2D eigenvalue weighted by Crippen LogP contribution is 2.30. The molecule has 0 fully saturated rings. The summed E-state index contributed by atoms with van der Waals surface area (Å²) in [6, 6.07) is 9.18. The highest BCUT2D eigenvalue weighted by Gasteiger charge is 2.08. The molecule has 1 aromatic heterocycles. The quantitative estimate of drug-likeness (QED) is 0.929. The highest BCUT2D eigenvalue weighted by molar-refractivity contribution is 6.35. The number of halogens is 2. The van der Waals surface area contributed by atoms with E-state index in [-0.39, 0.29) is 11.6 Å². The standard InChI is InChI=1S/C12H7Cl2NO3/c13-7-4-5-10(8(14)6-7)18-11-3-1-2-9(15-11)12(16)17/h1-6H,(H,16,17). The van der Waals surface area contributed by atoms with Crippen LogP contribution in [0.25, 0.3) is 0 Å². The Morgan fingerprint density at radius 2 is 2.00 bits per heavy atom. The molecule has 0 bridgehead atoms. The molecule has 0 saturated heterocycles. The molecule has 4 nitrogen and oxygen atoms in total. The fraction of sp³-hybridized carbons (Fsp3) is 0. The number of pyridine rings is 1. The first-order chi connectivity index (χ1) is 8.56. The Hall–Kier alpha value is -1.78. The summed E-state index contributed by atoms with van der Waals surface area (Å²) in [5.74, 6) is -0.613. The minimum Gasteiger partial charge on any atom is -0.477 e. The number of ether oxygens (including phenoxy) is 1. The van der Waals surface area contributed by atoms with Gasteiger partial charge in [-0.1, -0.05) is 29.3 Å². The van der Waals surface area contributed by atoms with E-state index in [2.05, 4.69) is 4.98 Å². The number of carbonyl (C=O) groups is 1. The zero-order valence-corrected chi connectivity index (χ0v) is 10.4. The van der Waals surface area contributed by atoms with E-state index in [1.807, 2.05) is 0 Å². The van der Waals surface area contributed by atoms with Crippen molar-refractivity contribution in [1.82, 2.24) is 4.98 Å². The summed E-state index contributed by atoms with van der Waals surface area (Å²) in [7, 11) is 0. The fourth-order valence-corrected chi connectivity index (χ4v) is 1.71. The van der Waals surface area contributed by atoms with Crippen LogP contribution in [0.5, 0.6) is 11.6 Å². The van der Waals surface area contributed by atoms with Crippen LogP contribution in [0.3, 0.4) is 0 Å². The summed E-state index contributed by atoms with van der Waals surface area (Å²) >= 11 is 11.7. The van der Waals surface area contributed by atoms with Crippen molar-refractivity contribution < 1.29 is 14.6 Å². The topological polar surface area (TPSA) is 59.4 Å². The molecule has 0 spiro atoms. The maximum Gasteiger partial charge on any atom is 0.354 e. The number of carboxylic acid groups (broad SMARTS) is 1. The number of aromatic nitrogens is 1. The number of carboxylic acids is 1. The summed E-state index contributed by atoms with van der Waals surface area (Å²) in [6.45, 7) is 0. The normalized spacial score (nSPS) is 10.1. The number of nitrogens with zero attached hydrogens (tertiary/aromatic N) is 1. The van der Waals surface area contributed by atoms with Crippen LogP contribution < -0.4 is 4.74 Å². The molecular weight excluding hydrogens is 277 g/mol. The molecule has 0 aliphatic heterocycles. The van der Waals surface area contributed by atoms with E-state index in [4.69, 9.17) is 33.0 Å². The van der Waals surface area contributed by atoms with Crippen molar-refractivity contribution in [1.29, 1.82) is 0 Å². The van der Waals surface area contributed by atoms with E-state index >= 15 is 0 Å². The Morgan fingerprint density at radius 3 is 2.67 bits per heavy atom. The molecule has 2 aromatic rings. The monoisotopic (exact) mass is 283 g/mol. The van der Waals surface area contributed by atoms with E-state index in [0.717, 1.165) is 0 Å². The third-order valence-corrected chi connectivity index (χ3v) is 2.58. The molecule has 0 aliphatic rings. The van der Waals surface area contributed by atoms with Gasteiger partial charge in [0.15, 0.2) is 5.69 Å². The molecule has 18 heavy (non-hydrogen) atoms. The largest absolute Gasteiger partial charge is 0.477 e. The predicted molar refractivity (Wildman–Crippen MR) is 67.7 cm³/mol. The lowest BCUT2D eigenvalue weighted by Gasteiger charge is -2.07. The Bertz CT molecular complexity index is 602. The SMILES string of the molecule is O=C(O)c1cccc(Oc2ccc(Cl)cc2Cl)n1. The third-order valence-electron chi connectivity index (χ3n) is 2.05. The van der Waals surface area contributed by atoms with Gasteiger partial charge in [0.2, 0.25) is 5.88 Å². The van der Waals surface area contributed by atoms with Crippen LogP contribution in [0.2, 0.25) is 10.0 Å². The summed E-state index contributed by atoms with van der Waals surface area (Å²) in [4.78, 5) is 14.6. The molecule has 1 heterocycles. The van der Waals surface area contributed by atoms with E-state index in [1.165, 1.54) is 24.3 Å². The van der Waals surface area contributed by atoms with Gasteiger partial charge in [-0.05, 0) is 24.3 Å². The highest BCUT2D eigenvalue weighted by atomic mass is 35.5. The molecule has 2 rings (SSSR count). The lowest BCUT2D eigenvalue weighted by atomic mass is 10.3. The smallest absolute Gasteiger partial charge is 0.354 e. The van der Waals surface area contributed by atoms with Crippen LogP contribution in [0.1, 0.15) is 10.5 Å².